The molecule has 26 heavy (non-hydrogen) atoms. The average molecular weight is 370 g/mol. The van der Waals surface area contributed by atoms with E-state index in [1.54, 1.807) is 11.8 Å². The Hall–Kier alpha value is -2.47. The van der Waals surface area contributed by atoms with Crippen LogP contribution in [0.2, 0.25) is 0 Å². The molecule has 136 valence electrons. The second-order valence-electron chi connectivity index (χ2n) is 6.31. The van der Waals surface area contributed by atoms with E-state index in [1.807, 2.05) is 62.4 Å². The van der Waals surface area contributed by atoms with Gasteiger partial charge in [-0.3, -0.25) is 9.69 Å². The lowest BCUT2D eigenvalue weighted by molar-refractivity contribution is -0.119. The van der Waals surface area contributed by atoms with Gasteiger partial charge < -0.3 is 10.1 Å². The molecule has 2 amide bonds. The van der Waals surface area contributed by atoms with Crippen molar-refractivity contribution in [3.05, 3.63) is 65.2 Å². The first kappa shape index (κ1) is 18.3. The minimum atomic E-state index is -0.523. The van der Waals surface area contributed by atoms with Crippen molar-refractivity contribution in [2.45, 2.75) is 26.5 Å². The molecule has 1 N–H and O–H groups in total. The first-order valence-electron chi connectivity index (χ1n) is 8.48. The van der Waals surface area contributed by atoms with Crippen LogP contribution in [0.5, 0.6) is 0 Å². The molecule has 0 aromatic heterocycles. The van der Waals surface area contributed by atoms with Gasteiger partial charge in [-0.05, 0) is 42.7 Å². The molecule has 2 aromatic rings. The van der Waals surface area contributed by atoms with E-state index in [0.717, 1.165) is 16.8 Å². The van der Waals surface area contributed by atoms with Crippen LogP contribution < -0.4 is 5.32 Å². The summed E-state index contributed by atoms with van der Waals surface area (Å²) >= 11 is 1.55. The molecule has 5 nitrogen and oxygen atoms in total. The summed E-state index contributed by atoms with van der Waals surface area (Å²) in [6.45, 7) is 4.23. The highest BCUT2D eigenvalue weighted by molar-refractivity contribution is 7.99. The third-order valence-electron chi connectivity index (χ3n) is 4.40. The van der Waals surface area contributed by atoms with E-state index in [-0.39, 0.29) is 12.5 Å². The summed E-state index contributed by atoms with van der Waals surface area (Å²) in [4.78, 5) is 26.5. The molecular formula is C20H22N2O3S. The molecule has 1 heterocycles. The van der Waals surface area contributed by atoms with E-state index in [0.29, 0.717) is 11.6 Å². The molecule has 1 aliphatic rings. The summed E-state index contributed by atoms with van der Waals surface area (Å²) in [5.74, 6) is 0.838. The predicted molar refractivity (Wildman–Crippen MR) is 104 cm³/mol. The van der Waals surface area contributed by atoms with Crippen LogP contribution in [0.4, 0.5) is 10.5 Å². The van der Waals surface area contributed by atoms with Gasteiger partial charge in [-0.1, -0.05) is 36.4 Å². The van der Waals surface area contributed by atoms with Crippen LogP contribution in [0.25, 0.3) is 0 Å². The first-order valence-corrected chi connectivity index (χ1v) is 9.63. The standard InChI is InChI=1S/C20H22N2O3S/c1-14-8-9-17(10-15(14)2)21-19(23)18-12-26-13-22(18)20(24)25-11-16-6-4-3-5-7-16/h3-10,18H,11-13H2,1-2H3,(H,21,23)/t18-/m1/s1. The second-order valence-corrected chi connectivity index (χ2v) is 7.31. The van der Waals surface area contributed by atoms with E-state index >= 15 is 0 Å². The molecule has 6 heteroatoms. The zero-order valence-electron chi connectivity index (χ0n) is 14.9. The number of hydrogen-bond acceptors (Lipinski definition) is 4. The summed E-state index contributed by atoms with van der Waals surface area (Å²) in [5.41, 5.74) is 3.95. The van der Waals surface area contributed by atoms with Crippen LogP contribution >= 0.6 is 11.8 Å². The fourth-order valence-electron chi connectivity index (χ4n) is 2.69. The van der Waals surface area contributed by atoms with E-state index in [9.17, 15) is 9.59 Å². The predicted octanol–water partition coefficient (Wildman–Crippen LogP) is 3.95. The maximum Gasteiger partial charge on any atom is 0.411 e. The number of hydrogen-bond donors (Lipinski definition) is 1. The SMILES string of the molecule is Cc1ccc(NC(=O)[C@H]2CSCN2C(=O)OCc2ccccc2)cc1C. The van der Waals surface area contributed by atoms with Crippen molar-refractivity contribution in [3.63, 3.8) is 0 Å². The fourth-order valence-corrected chi connectivity index (χ4v) is 3.83. The summed E-state index contributed by atoms with van der Waals surface area (Å²) < 4.78 is 5.37. The van der Waals surface area contributed by atoms with Crippen LogP contribution in [0, 0.1) is 13.8 Å². The molecule has 1 aliphatic heterocycles. The lowest BCUT2D eigenvalue weighted by Gasteiger charge is -2.22. The molecule has 0 unspecified atom stereocenters. The zero-order chi connectivity index (χ0) is 18.5. The third-order valence-corrected chi connectivity index (χ3v) is 5.41. The number of ether oxygens (including phenoxy) is 1. The lowest BCUT2D eigenvalue weighted by Crippen LogP contribution is -2.44. The van der Waals surface area contributed by atoms with Crippen LogP contribution in [0.1, 0.15) is 16.7 Å². The van der Waals surface area contributed by atoms with Crippen molar-refractivity contribution in [1.82, 2.24) is 4.90 Å². The number of nitrogens with zero attached hydrogens (tertiary/aromatic N) is 1. The highest BCUT2D eigenvalue weighted by Crippen LogP contribution is 2.24. The van der Waals surface area contributed by atoms with Gasteiger partial charge in [-0.25, -0.2) is 4.79 Å². The first-order chi connectivity index (χ1) is 12.5. The molecule has 0 spiro atoms. The van der Waals surface area contributed by atoms with Gasteiger partial charge in [0.05, 0.1) is 5.88 Å². The van der Waals surface area contributed by atoms with E-state index in [4.69, 9.17) is 4.74 Å². The quantitative estimate of drug-likeness (QED) is 0.885. The number of aryl methyl sites for hydroxylation is 2. The van der Waals surface area contributed by atoms with Crippen LogP contribution in [-0.4, -0.2) is 34.6 Å². The summed E-state index contributed by atoms with van der Waals surface area (Å²) in [5, 5.41) is 2.91. The summed E-state index contributed by atoms with van der Waals surface area (Å²) in [7, 11) is 0. The molecule has 0 saturated carbocycles. The van der Waals surface area contributed by atoms with Gasteiger partial charge in [0.25, 0.3) is 0 Å². The van der Waals surface area contributed by atoms with Gasteiger partial charge >= 0.3 is 6.09 Å². The number of anilines is 1. The maximum atomic E-state index is 12.6. The van der Waals surface area contributed by atoms with Crippen LogP contribution in [0.15, 0.2) is 48.5 Å². The van der Waals surface area contributed by atoms with Gasteiger partial charge in [0.1, 0.15) is 12.6 Å². The highest BCUT2D eigenvalue weighted by Gasteiger charge is 2.35. The van der Waals surface area contributed by atoms with Crippen molar-refractivity contribution in [2.24, 2.45) is 0 Å². The average Bonchev–Trinajstić information content (AvgIpc) is 3.14. The molecule has 0 radical (unpaired) electrons. The molecule has 3 rings (SSSR count). The molecule has 1 atom stereocenters. The Morgan fingerprint density at radius 1 is 1.15 bits per heavy atom. The Morgan fingerprint density at radius 2 is 1.92 bits per heavy atom. The summed E-state index contributed by atoms with van der Waals surface area (Å²) in [6, 6.07) is 14.8. The van der Waals surface area contributed by atoms with Crippen molar-refractivity contribution in [2.75, 3.05) is 16.9 Å². The van der Waals surface area contributed by atoms with Gasteiger partial charge in [0, 0.05) is 11.4 Å². The van der Waals surface area contributed by atoms with Crippen molar-refractivity contribution in [3.8, 4) is 0 Å². The van der Waals surface area contributed by atoms with Gasteiger partial charge in [0.15, 0.2) is 0 Å². The zero-order valence-corrected chi connectivity index (χ0v) is 15.7. The third kappa shape index (κ3) is 4.38. The number of benzene rings is 2. The topological polar surface area (TPSA) is 58.6 Å². The smallest absolute Gasteiger partial charge is 0.411 e. The van der Waals surface area contributed by atoms with Crippen LogP contribution in [-0.2, 0) is 16.1 Å². The number of carbonyl (C=O) groups excluding carboxylic acids is 2. The number of carbonyl (C=O) groups is 2. The van der Waals surface area contributed by atoms with E-state index < -0.39 is 12.1 Å². The molecule has 1 fully saturated rings. The minimum absolute atomic E-state index is 0.185. The Kier molecular flexibility index (Phi) is 5.83. The number of amides is 2. The molecular weight excluding hydrogens is 348 g/mol. The lowest BCUT2D eigenvalue weighted by atomic mass is 10.1. The normalized spacial score (nSPS) is 16.4. The van der Waals surface area contributed by atoms with E-state index in [2.05, 4.69) is 5.32 Å². The Morgan fingerprint density at radius 3 is 2.65 bits per heavy atom. The van der Waals surface area contributed by atoms with Crippen molar-refractivity contribution in [1.29, 1.82) is 0 Å². The summed E-state index contributed by atoms with van der Waals surface area (Å²) in [6.07, 6.45) is -0.459. The Labute approximate surface area is 157 Å². The number of thioether (sulfide) groups is 1. The van der Waals surface area contributed by atoms with Gasteiger partial charge in [-0.15, -0.1) is 11.8 Å². The molecule has 1 saturated heterocycles. The molecule has 2 aromatic carbocycles. The Balaban J connectivity index is 1.60. The van der Waals surface area contributed by atoms with E-state index in [1.165, 1.54) is 10.5 Å². The second kappa shape index (κ2) is 8.27. The van der Waals surface area contributed by atoms with Gasteiger partial charge in [0.2, 0.25) is 5.91 Å². The Bertz CT molecular complexity index is 795. The van der Waals surface area contributed by atoms with Crippen LogP contribution in [0.3, 0.4) is 0 Å². The largest absolute Gasteiger partial charge is 0.445 e. The van der Waals surface area contributed by atoms with Crippen molar-refractivity contribution >= 4 is 29.4 Å². The fraction of sp³-hybridized carbons (Fsp3) is 0.300. The maximum absolute atomic E-state index is 12.6. The minimum Gasteiger partial charge on any atom is -0.445 e. The molecule has 0 bridgehead atoms. The highest BCUT2D eigenvalue weighted by atomic mass is 32.2. The number of rotatable bonds is 4. The van der Waals surface area contributed by atoms with Gasteiger partial charge in [-0.2, -0.15) is 0 Å². The monoisotopic (exact) mass is 370 g/mol. The molecule has 0 aliphatic carbocycles. The number of nitrogens with one attached hydrogen (secondary N) is 1. The van der Waals surface area contributed by atoms with Crippen molar-refractivity contribution < 1.29 is 14.3 Å².